The Morgan fingerprint density at radius 3 is 2.61 bits per heavy atom. The number of thiophene rings is 1. The van der Waals surface area contributed by atoms with Crippen molar-refractivity contribution in [3.05, 3.63) is 91.7 Å². The molecular weight excluding hydrogens is 620 g/mol. The summed E-state index contributed by atoms with van der Waals surface area (Å²) in [7, 11) is 0. The Balaban J connectivity index is 1.36. The predicted molar refractivity (Wildman–Crippen MR) is 173 cm³/mol. The van der Waals surface area contributed by atoms with E-state index in [9.17, 15) is 14.9 Å². The van der Waals surface area contributed by atoms with Crippen LogP contribution in [0.1, 0.15) is 41.8 Å². The van der Waals surface area contributed by atoms with E-state index in [0.717, 1.165) is 43.1 Å². The van der Waals surface area contributed by atoms with E-state index >= 15 is 0 Å². The largest absolute Gasteiger partial charge is 0.372 e. The van der Waals surface area contributed by atoms with Gasteiger partial charge >= 0.3 is 0 Å². The van der Waals surface area contributed by atoms with Crippen LogP contribution in [0.2, 0.25) is 10.0 Å². The third-order valence-corrected chi connectivity index (χ3v) is 9.47. The number of nitrogens with one attached hydrogen (secondary N) is 4. The van der Waals surface area contributed by atoms with Crippen LogP contribution in [-0.4, -0.2) is 40.6 Å². The molecule has 0 bridgehead atoms. The van der Waals surface area contributed by atoms with E-state index in [1.165, 1.54) is 29.7 Å². The minimum atomic E-state index is -0.541. The number of hydrazine groups is 2. The fourth-order valence-corrected chi connectivity index (χ4v) is 6.86. The molecule has 0 spiro atoms. The van der Waals surface area contributed by atoms with Crippen LogP contribution in [-0.2, 0) is 0 Å². The lowest BCUT2D eigenvalue weighted by Gasteiger charge is -2.35. The van der Waals surface area contributed by atoms with Crippen LogP contribution in [0, 0.1) is 28.5 Å². The normalized spacial score (nSPS) is 16.2. The average molecular weight is 649 g/mol. The summed E-state index contributed by atoms with van der Waals surface area (Å²) in [6, 6.07) is 14.2. The number of hydrogen-bond donors (Lipinski definition) is 4. The number of nitrogens with zero attached hydrogens (tertiary/aromatic N) is 5. The fourth-order valence-electron chi connectivity index (χ4n) is 5.51. The SMILES string of the molecule is CCN1CCC(N2C=C([C@@H](Nc3cc(Cl)c4ncc(C#N)c(Nc5ccc(F)c(Cl)c5)c4c3)c3cc(C#N)cs3)NN2)CC1. The van der Waals surface area contributed by atoms with Gasteiger partial charge < -0.3 is 21.0 Å². The number of nitriles is 2. The first-order valence-corrected chi connectivity index (χ1v) is 15.7. The molecule has 2 aromatic heterocycles. The molecule has 2 aromatic carbocycles. The Kier molecular flexibility index (Phi) is 8.76. The van der Waals surface area contributed by atoms with E-state index in [1.807, 2.05) is 17.5 Å². The molecule has 9 nitrogen and oxygen atoms in total. The van der Waals surface area contributed by atoms with Gasteiger partial charge in [0.1, 0.15) is 24.0 Å². The number of piperidine rings is 1. The first kappa shape index (κ1) is 29.9. The summed E-state index contributed by atoms with van der Waals surface area (Å²) < 4.78 is 13.8. The zero-order chi connectivity index (χ0) is 30.8. The summed E-state index contributed by atoms with van der Waals surface area (Å²) in [5, 5.41) is 31.1. The highest BCUT2D eigenvalue weighted by Crippen LogP contribution is 2.38. The number of likely N-dealkylation sites (tertiary alicyclic amines) is 1. The molecule has 0 saturated carbocycles. The standard InChI is InChI=1S/C31H28Cl2FN9S/c1-2-42-7-5-22(6-8-42)43-16-27(40-41-43)31(28-9-18(13-35)17-44-28)39-21-10-23-29(38-20-3-4-26(34)24(32)11-20)19(14-36)15-37-30(23)25(33)12-21/h3-4,9-12,15-17,22,31,39-41H,2,5-8H2,1H3,(H,37,38)/t31-/m1/s1. The van der Waals surface area contributed by atoms with Gasteiger partial charge in [-0.1, -0.05) is 30.1 Å². The molecule has 4 aromatic rings. The molecule has 2 aliphatic heterocycles. The van der Waals surface area contributed by atoms with Crippen LogP contribution in [0.3, 0.4) is 0 Å². The van der Waals surface area contributed by atoms with Gasteiger partial charge in [0.2, 0.25) is 0 Å². The van der Waals surface area contributed by atoms with Gasteiger partial charge in [0, 0.05) is 58.5 Å². The summed E-state index contributed by atoms with van der Waals surface area (Å²) in [6.07, 6.45) is 5.63. The van der Waals surface area contributed by atoms with Crippen molar-refractivity contribution in [3.8, 4) is 12.1 Å². The van der Waals surface area contributed by atoms with Crippen molar-refractivity contribution in [2.24, 2.45) is 0 Å². The van der Waals surface area contributed by atoms with E-state index in [4.69, 9.17) is 23.2 Å². The number of fused-ring (bicyclic) bond motifs is 1. The van der Waals surface area contributed by atoms with Crippen molar-refractivity contribution < 1.29 is 4.39 Å². The Labute approximate surface area is 268 Å². The number of halogens is 3. The highest BCUT2D eigenvalue weighted by molar-refractivity contribution is 7.10. The molecule has 4 heterocycles. The maximum atomic E-state index is 13.8. The first-order valence-electron chi connectivity index (χ1n) is 14.1. The smallest absolute Gasteiger partial charge is 0.141 e. The molecule has 0 unspecified atom stereocenters. The molecule has 13 heteroatoms. The predicted octanol–water partition coefficient (Wildman–Crippen LogP) is 7.03. The van der Waals surface area contributed by atoms with Crippen molar-refractivity contribution in [3.63, 3.8) is 0 Å². The molecule has 0 aliphatic carbocycles. The van der Waals surface area contributed by atoms with Crippen LogP contribution in [0.25, 0.3) is 10.9 Å². The number of hydrogen-bond acceptors (Lipinski definition) is 10. The Bertz CT molecular complexity index is 1820. The van der Waals surface area contributed by atoms with Gasteiger partial charge in [-0.15, -0.1) is 16.9 Å². The quantitative estimate of drug-likeness (QED) is 0.160. The maximum absolute atomic E-state index is 13.8. The number of rotatable bonds is 8. The number of pyridine rings is 1. The van der Waals surface area contributed by atoms with Gasteiger partial charge in [-0.2, -0.15) is 10.5 Å². The van der Waals surface area contributed by atoms with Crippen molar-refractivity contribution >= 4 is 62.5 Å². The number of anilines is 3. The van der Waals surface area contributed by atoms with Gasteiger partial charge in [0.25, 0.3) is 0 Å². The minimum Gasteiger partial charge on any atom is -0.372 e. The van der Waals surface area contributed by atoms with Crippen molar-refractivity contribution in [1.82, 2.24) is 25.9 Å². The molecular formula is C31H28Cl2FN9S. The van der Waals surface area contributed by atoms with Crippen molar-refractivity contribution in [1.29, 1.82) is 10.5 Å². The van der Waals surface area contributed by atoms with Crippen LogP contribution in [0.5, 0.6) is 0 Å². The molecule has 0 radical (unpaired) electrons. The number of aromatic nitrogens is 1. The highest BCUT2D eigenvalue weighted by Gasteiger charge is 2.29. The highest BCUT2D eigenvalue weighted by atomic mass is 35.5. The summed E-state index contributed by atoms with van der Waals surface area (Å²) in [5.41, 5.74) is 10.6. The number of benzene rings is 2. The lowest BCUT2D eigenvalue weighted by atomic mass is 10.0. The Morgan fingerprint density at radius 2 is 1.91 bits per heavy atom. The van der Waals surface area contributed by atoms with Gasteiger partial charge in [-0.3, -0.25) is 9.99 Å². The van der Waals surface area contributed by atoms with Crippen LogP contribution in [0.15, 0.2) is 59.9 Å². The zero-order valence-corrected chi connectivity index (χ0v) is 26.0. The van der Waals surface area contributed by atoms with Gasteiger partial charge in [0.05, 0.1) is 38.1 Å². The lowest BCUT2D eigenvalue weighted by molar-refractivity contribution is 0.112. The van der Waals surface area contributed by atoms with Crippen LogP contribution < -0.4 is 21.6 Å². The average Bonchev–Trinajstić information content (AvgIpc) is 3.73. The van der Waals surface area contributed by atoms with Crippen LogP contribution >= 0.6 is 34.5 Å². The van der Waals surface area contributed by atoms with E-state index in [2.05, 4.69) is 61.7 Å². The van der Waals surface area contributed by atoms with E-state index in [0.29, 0.717) is 44.6 Å². The topological polar surface area (TPSA) is 115 Å². The summed E-state index contributed by atoms with van der Waals surface area (Å²) in [6.45, 7) is 5.35. The molecule has 1 atom stereocenters. The molecule has 4 N–H and O–H groups in total. The molecule has 2 aliphatic rings. The summed E-state index contributed by atoms with van der Waals surface area (Å²) in [5.74, 6) is -0.541. The van der Waals surface area contributed by atoms with Gasteiger partial charge in [0.15, 0.2) is 0 Å². The second-order valence-electron chi connectivity index (χ2n) is 10.6. The second-order valence-corrected chi connectivity index (χ2v) is 12.3. The van der Waals surface area contributed by atoms with E-state index in [1.54, 1.807) is 12.1 Å². The molecule has 1 saturated heterocycles. The molecule has 44 heavy (non-hydrogen) atoms. The van der Waals surface area contributed by atoms with Crippen LogP contribution in [0.4, 0.5) is 21.5 Å². The second kappa shape index (κ2) is 12.9. The van der Waals surface area contributed by atoms with E-state index in [-0.39, 0.29) is 16.6 Å². The Hall–Kier alpha value is -4.10. The van der Waals surface area contributed by atoms with Crippen molar-refractivity contribution in [2.45, 2.75) is 31.8 Å². The Morgan fingerprint density at radius 1 is 1.11 bits per heavy atom. The fraction of sp³-hybridized carbons (Fsp3) is 0.258. The monoisotopic (exact) mass is 647 g/mol. The molecule has 0 amide bonds. The third kappa shape index (κ3) is 6.11. The zero-order valence-electron chi connectivity index (χ0n) is 23.7. The molecule has 224 valence electrons. The van der Waals surface area contributed by atoms with E-state index < -0.39 is 5.82 Å². The van der Waals surface area contributed by atoms with Crippen molar-refractivity contribution in [2.75, 3.05) is 30.3 Å². The molecule has 6 rings (SSSR count). The van der Waals surface area contributed by atoms with Gasteiger partial charge in [-0.25, -0.2) is 4.39 Å². The van der Waals surface area contributed by atoms with Gasteiger partial charge in [-0.05, 0) is 55.8 Å². The minimum absolute atomic E-state index is 0.0429. The lowest BCUT2D eigenvalue weighted by Crippen LogP contribution is -2.48. The summed E-state index contributed by atoms with van der Waals surface area (Å²) in [4.78, 5) is 7.83. The first-order chi connectivity index (χ1) is 21.4. The third-order valence-electron chi connectivity index (χ3n) is 7.89. The molecule has 1 fully saturated rings. The summed E-state index contributed by atoms with van der Waals surface area (Å²) >= 11 is 14.3. The maximum Gasteiger partial charge on any atom is 0.141 e.